The van der Waals surface area contributed by atoms with Crippen molar-refractivity contribution in [2.45, 2.75) is 17.2 Å². The Labute approximate surface area is 110 Å². The number of aliphatic hydroxyl groups is 2. The van der Waals surface area contributed by atoms with Gasteiger partial charge >= 0.3 is 6.18 Å². The highest BCUT2D eigenvalue weighted by Crippen LogP contribution is 2.38. The van der Waals surface area contributed by atoms with Crippen molar-refractivity contribution in [3.8, 4) is 0 Å². The van der Waals surface area contributed by atoms with Crippen molar-refractivity contribution in [3.05, 3.63) is 33.9 Å². The highest BCUT2D eigenvalue weighted by Gasteiger charge is 2.35. The minimum atomic E-state index is -4.72. The first kappa shape index (κ1) is 15.7. The van der Waals surface area contributed by atoms with E-state index in [4.69, 9.17) is 10.2 Å². The Morgan fingerprint density at radius 1 is 1.42 bits per heavy atom. The standard InChI is InChI=1S/C10H10F3NO4S/c11-10(12,13)8-3-6(14(17)18)1-2-9(8)19-5-7(16)4-15/h1-3,7,15-16H,4-5H2. The number of hydrogen-bond acceptors (Lipinski definition) is 5. The summed E-state index contributed by atoms with van der Waals surface area (Å²) in [6.45, 7) is -0.568. The van der Waals surface area contributed by atoms with Gasteiger partial charge in [-0.05, 0) is 6.07 Å². The van der Waals surface area contributed by atoms with E-state index in [0.29, 0.717) is 17.8 Å². The fourth-order valence-corrected chi connectivity index (χ4v) is 2.19. The van der Waals surface area contributed by atoms with Gasteiger partial charge in [-0.2, -0.15) is 13.2 Å². The number of nitrogens with zero attached hydrogens (tertiary/aromatic N) is 1. The van der Waals surface area contributed by atoms with Crippen LogP contribution in [0.2, 0.25) is 0 Å². The van der Waals surface area contributed by atoms with Gasteiger partial charge in [-0.1, -0.05) is 0 Å². The molecule has 0 saturated carbocycles. The fraction of sp³-hybridized carbons (Fsp3) is 0.400. The Hall–Kier alpha value is -1.32. The number of hydrogen-bond donors (Lipinski definition) is 2. The van der Waals surface area contributed by atoms with E-state index in [1.807, 2.05) is 0 Å². The highest BCUT2D eigenvalue weighted by atomic mass is 32.2. The lowest BCUT2D eigenvalue weighted by molar-refractivity contribution is -0.385. The number of halogens is 3. The van der Waals surface area contributed by atoms with Gasteiger partial charge < -0.3 is 10.2 Å². The molecule has 0 aliphatic rings. The number of nitro benzene ring substituents is 1. The van der Waals surface area contributed by atoms with Crippen LogP contribution in [0.3, 0.4) is 0 Å². The summed E-state index contributed by atoms with van der Waals surface area (Å²) in [7, 11) is 0. The van der Waals surface area contributed by atoms with Crippen molar-refractivity contribution < 1.29 is 28.3 Å². The molecule has 1 aromatic rings. The van der Waals surface area contributed by atoms with E-state index >= 15 is 0 Å². The summed E-state index contributed by atoms with van der Waals surface area (Å²) in [6, 6.07) is 2.40. The molecule has 0 aliphatic heterocycles. The summed E-state index contributed by atoms with van der Waals surface area (Å²) >= 11 is 0.674. The van der Waals surface area contributed by atoms with E-state index in [1.54, 1.807) is 0 Å². The first-order valence-electron chi connectivity index (χ1n) is 5.03. The molecule has 1 atom stereocenters. The largest absolute Gasteiger partial charge is 0.417 e. The summed E-state index contributed by atoms with van der Waals surface area (Å²) in [4.78, 5) is 9.32. The van der Waals surface area contributed by atoms with Crippen LogP contribution in [0, 0.1) is 10.1 Å². The molecule has 2 N–H and O–H groups in total. The van der Waals surface area contributed by atoms with E-state index in [2.05, 4.69) is 0 Å². The Morgan fingerprint density at radius 2 is 2.05 bits per heavy atom. The summed E-state index contributed by atoms with van der Waals surface area (Å²) in [5.41, 5.74) is -1.78. The predicted octanol–water partition coefficient (Wildman–Crippen LogP) is 2.06. The van der Waals surface area contributed by atoms with Gasteiger partial charge in [0.1, 0.15) is 0 Å². The van der Waals surface area contributed by atoms with Gasteiger partial charge in [0, 0.05) is 22.8 Å². The number of rotatable bonds is 5. The van der Waals surface area contributed by atoms with E-state index in [9.17, 15) is 23.3 Å². The third-order valence-corrected chi connectivity index (χ3v) is 3.34. The Bertz CT molecular complexity index is 467. The van der Waals surface area contributed by atoms with Crippen LogP contribution in [0.4, 0.5) is 18.9 Å². The van der Waals surface area contributed by atoms with Gasteiger partial charge in [-0.15, -0.1) is 11.8 Å². The van der Waals surface area contributed by atoms with Crippen LogP contribution in [-0.4, -0.2) is 33.6 Å². The molecule has 0 bridgehead atoms. The molecule has 9 heteroatoms. The molecule has 19 heavy (non-hydrogen) atoms. The van der Waals surface area contributed by atoms with E-state index in [1.165, 1.54) is 0 Å². The minimum absolute atomic E-state index is 0.141. The maximum Gasteiger partial charge on any atom is 0.417 e. The van der Waals surface area contributed by atoms with Crippen molar-refractivity contribution in [2.24, 2.45) is 0 Å². The third-order valence-electron chi connectivity index (χ3n) is 2.12. The average Bonchev–Trinajstić information content (AvgIpc) is 2.34. The molecule has 1 aromatic carbocycles. The van der Waals surface area contributed by atoms with Crippen molar-refractivity contribution in [1.82, 2.24) is 0 Å². The van der Waals surface area contributed by atoms with Crippen LogP contribution in [0.5, 0.6) is 0 Å². The van der Waals surface area contributed by atoms with Crippen LogP contribution < -0.4 is 0 Å². The maximum absolute atomic E-state index is 12.8. The second kappa shape index (κ2) is 6.22. The van der Waals surface area contributed by atoms with Gasteiger partial charge in [-0.3, -0.25) is 10.1 Å². The van der Waals surface area contributed by atoms with E-state index in [-0.39, 0.29) is 10.6 Å². The lowest BCUT2D eigenvalue weighted by Gasteiger charge is -2.13. The van der Waals surface area contributed by atoms with E-state index < -0.39 is 35.1 Å². The van der Waals surface area contributed by atoms with Crippen molar-refractivity contribution in [2.75, 3.05) is 12.4 Å². The van der Waals surface area contributed by atoms with E-state index in [0.717, 1.165) is 12.1 Å². The van der Waals surface area contributed by atoms with Crippen molar-refractivity contribution in [1.29, 1.82) is 0 Å². The second-order valence-electron chi connectivity index (χ2n) is 3.58. The Morgan fingerprint density at radius 3 is 2.53 bits per heavy atom. The summed E-state index contributed by atoms with van der Waals surface area (Å²) in [5, 5.41) is 28.1. The van der Waals surface area contributed by atoms with Gasteiger partial charge in [0.05, 0.1) is 23.2 Å². The fourth-order valence-electron chi connectivity index (χ4n) is 1.22. The molecule has 0 amide bonds. The van der Waals surface area contributed by atoms with Gasteiger partial charge in [0.15, 0.2) is 0 Å². The zero-order valence-corrected chi connectivity index (χ0v) is 10.2. The normalized spacial score (nSPS) is 13.3. The molecule has 0 heterocycles. The molecule has 1 unspecified atom stereocenters. The number of thioether (sulfide) groups is 1. The quantitative estimate of drug-likeness (QED) is 0.494. The number of benzene rings is 1. The topological polar surface area (TPSA) is 83.6 Å². The smallest absolute Gasteiger partial charge is 0.394 e. The molecular weight excluding hydrogens is 287 g/mol. The number of aliphatic hydroxyl groups excluding tert-OH is 2. The van der Waals surface area contributed by atoms with Gasteiger partial charge in [0.25, 0.3) is 5.69 Å². The minimum Gasteiger partial charge on any atom is -0.394 e. The van der Waals surface area contributed by atoms with Crippen molar-refractivity contribution >= 4 is 17.4 Å². The molecule has 106 valence electrons. The van der Waals surface area contributed by atoms with Gasteiger partial charge in [-0.25, -0.2) is 0 Å². The number of alkyl halides is 3. The molecular formula is C10H10F3NO4S. The maximum atomic E-state index is 12.8. The molecule has 5 nitrogen and oxygen atoms in total. The number of non-ortho nitro benzene ring substituents is 1. The first-order valence-corrected chi connectivity index (χ1v) is 6.01. The first-order chi connectivity index (χ1) is 8.75. The summed E-state index contributed by atoms with van der Waals surface area (Å²) < 4.78 is 38.3. The molecule has 0 aliphatic carbocycles. The molecule has 0 spiro atoms. The third kappa shape index (κ3) is 4.37. The predicted molar refractivity (Wildman–Crippen MR) is 61.9 cm³/mol. The molecule has 0 fully saturated rings. The molecule has 0 aromatic heterocycles. The SMILES string of the molecule is O=[N+]([O-])c1ccc(SCC(O)CO)c(C(F)(F)F)c1. The van der Waals surface area contributed by atoms with Crippen LogP contribution in [-0.2, 0) is 6.18 Å². The lowest BCUT2D eigenvalue weighted by atomic mass is 10.2. The average molecular weight is 297 g/mol. The van der Waals surface area contributed by atoms with Crippen LogP contribution >= 0.6 is 11.8 Å². The molecule has 0 saturated heterocycles. The zero-order chi connectivity index (χ0) is 14.6. The van der Waals surface area contributed by atoms with Crippen LogP contribution in [0.15, 0.2) is 23.1 Å². The monoisotopic (exact) mass is 297 g/mol. The summed E-state index contributed by atoms with van der Waals surface area (Å²) in [6.07, 6.45) is -5.88. The molecule has 0 radical (unpaired) electrons. The Kier molecular flexibility index (Phi) is 5.15. The highest BCUT2D eigenvalue weighted by molar-refractivity contribution is 7.99. The Balaban J connectivity index is 3.06. The van der Waals surface area contributed by atoms with Gasteiger partial charge in [0.2, 0.25) is 0 Å². The number of nitro groups is 1. The molecule has 1 rings (SSSR count). The lowest BCUT2D eigenvalue weighted by Crippen LogP contribution is -2.15. The second-order valence-corrected chi connectivity index (χ2v) is 4.64. The summed E-state index contributed by atoms with van der Waals surface area (Å²) in [5.74, 6) is -0.141. The van der Waals surface area contributed by atoms with Crippen LogP contribution in [0.25, 0.3) is 0 Å². The zero-order valence-electron chi connectivity index (χ0n) is 9.42. The van der Waals surface area contributed by atoms with Crippen LogP contribution in [0.1, 0.15) is 5.56 Å². The van der Waals surface area contributed by atoms with Crippen molar-refractivity contribution in [3.63, 3.8) is 0 Å².